The quantitative estimate of drug-likeness (QED) is 0.776. The molecule has 1 aliphatic heterocycles. The maximum atomic E-state index is 5.78. The van der Waals surface area contributed by atoms with E-state index in [1.807, 2.05) is 0 Å². The third kappa shape index (κ3) is 3.21. The summed E-state index contributed by atoms with van der Waals surface area (Å²) in [6.07, 6.45) is 9.77. The van der Waals surface area contributed by atoms with Crippen LogP contribution in [0.2, 0.25) is 0 Å². The molecule has 1 aliphatic carbocycles. The molecule has 16 heavy (non-hydrogen) atoms. The molecule has 2 aliphatic rings. The van der Waals surface area contributed by atoms with Gasteiger partial charge >= 0.3 is 0 Å². The Balaban J connectivity index is 1.75. The van der Waals surface area contributed by atoms with Crippen LogP contribution < -0.4 is 5.32 Å². The zero-order valence-corrected chi connectivity index (χ0v) is 10.9. The van der Waals surface area contributed by atoms with E-state index in [2.05, 4.69) is 19.2 Å². The van der Waals surface area contributed by atoms with Crippen molar-refractivity contribution in [2.45, 2.75) is 70.9 Å². The van der Waals surface area contributed by atoms with Gasteiger partial charge in [0.2, 0.25) is 0 Å². The van der Waals surface area contributed by atoms with E-state index in [0.717, 1.165) is 12.6 Å². The molecule has 2 heteroatoms. The highest BCUT2D eigenvalue weighted by molar-refractivity contribution is 4.91. The first-order chi connectivity index (χ1) is 7.72. The van der Waals surface area contributed by atoms with Crippen molar-refractivity contribution in [1.82, 2.24) is 5.32 Å². The van der Waals surface area contributed by atoms with Gasteiger partial charge in [-0.2, -0.15) is 0 Å². The zero-order chi connectivity index (χ0) is 11.4. The molecule has 0 aromatic rings. The molecular weight excluding hydrogens is 198 g/mol. The molecule has 1 heterocycles. The summed E-state index contributed by atoms with van der Waals surface area (Å²) in [6.45, 7) is 6.88. The second kappa shape index (κ2) is 5.50. The van der Waals surface area contributed by atoms with Crippen molar-refractivity contribution in [1.29, 1.82) is 0 Å². The summed E-state index contributed by atoms with van der Waals surface area (Å²) in [5.41, 5.74) is 0.542. The molecule has 3 unspecified atom stereocenters. The number of hydrogen-bond donors (Lipinski definition) is 1. The number of ether oxygens (including phenoxy) is 1. The van der Waals surface area contributed by atoms with Gasteiger partial charge in [0.05, 0.1) is 6.10 Å². The SMILES string of the molecule is CCCNC1CCC(C)(CC2CCCO2)C1. The molecule has 0 aromatic heterocycles. The molecule has 3 atom stereocenters. The first kappa shape index (κ1) is 12.4. The number of hydrogen-bond acceptors (Lipinski definition) is 2. The Hall–Kier alpha value is -0.0800. The van der Waals surface area contributed by atoms with Gasteiger partial charge in [-0.25, -0.2) is 0 Å². The minimum absolute atomic E-state index is 0.542. The van der Waals surface area contributed by atoms with Gasteiger partial charge in [-0.05, 0) is 56.9 Å². The van der Waals surface area contributed by atoms with E-state index < -0.39 is 0 Å². The summed E-state index contributed by atoms with van der Waals surface area (Å²) in [7, 11) is 0. The fraction of sp³-hybridized carbons (Fsp3) is 1.00. The van der Waals surface area contributed by atoms with Crippen molar-refractivity contribution >= 4 is 0 Å². The second-order valence-corrected chi connectivity index (χ2v) is 6.04. The molecule has 0 aromatic carbocycles. The molecule has 0 amide bonds. The van der Waals surface area contributed by atoms with Gasteiger partial charge in [-0.3, -0.25) is 0 Å². The molecule has 2 nitrogen and oxygen atoms in total. The highest BCUT2D eigenvalue weighted by Crippen LogP contribution is 2.43. The van der Waals surface area contributed by atoms with Gasteiger partial charge in [-0.1, -0.05) is 13.8 Å². The average molecular weight is 225 g/mol. The van der Waals surface area contributed by atoms with Crippen molar-refractivity contribution in [2.75, 3.05) is 13.2 Å². The zero-order valence-electron chi connectivity index (χ0n) is 10.9. The standard InChI is InChI=1S/C14H27NO/c1-3-8-15-12-6-7-14(2,10-12)11-13-5-4-9-16-13/h12-13,15H,3-11H2,1-2H3. The van der Waals surface area contributed by atoms with Crippen LogP contribution in [0.3, 0.4) is 0 Å². The summed E-state index contributed by atoms with van der Waals surface area (Å²) < 4.78 is 5.78. The first-order valence-corrected chi connectivity index (χ1v) is 7.07. The Kier molecular flexibility index (Phi) is 4.26. The maximum Gasteiger partial charge on any atom is 0.0581 e. The normalized spacial score (nSPS) is 39.4. The van der Waals surface area contributed by atoms with Crippen LogP contribution in [0.15, 0.2) is 0 Å². The second-order valence-electron chi connectivity index (χ2n) is 6.04. The van der Waals surface area contributed by atoms with E-state index in [4.69, 9.17) is 4.74 Å². The summed E-state index contributed by atoms with van der Waals surface area (Å²) in [5, 5.41) is 3.67. The Morgan fingerprint density at radius 3 is 2.94 bits per heavy atom. The van der Waals surface area contributed by atoms with Crippen molar-refractivity contribution in [2.24, 2.45) is 5.41 Å². The van der Waals surface area contributed by atoms with E-state index >= 15 is 0 Å². The summed E-state index contributed by atoms with van der Waals surface area (Å²) >= 11 is 0. The van der Waals surface area contributed by atoms with Gasteiger partial charge < -0.3 is 10.1 Å². The Labute approximate surface area is 100 Å². The van der Waals surface area contributed by atoms with Crippen LogP contribution >= 0.6 is 0 Å². The van der Waals surface area contributed by atoms with Crippen LogP contribution in [0.1, 0.15) is 58.8 Å². The largest absolute Gasteiger partial charge is 0.378 e. The van der Waals surface area contributed by atoms with E-state index in [1.165, 1.54) is 51.5 Å². The average Bonchev–Trinajstić information content (AvgIpc) is 2.86. The lowest BCUT2D eigenvalue weighted by atomic mass is 9.82. The van der Waals surface area contributed by atoms with Crippen LogP contribution in [0.4, 0.5) is 0 Å². The van der Waals surface area contributed by atoms with E-state index in [1.54, 1.807) is 0 Å². The molecular formula is C14H27NO. The number of rotatable bonds is 5. The van der Waals surface area contributed by atoms with Crippen molar-refractivity contribution in [3.63, 3.8) is 0 Å². The van der Waals surface area contributed by atoms with Crippen LogP contribution in [0.25, 0.3) is 0 Å². The van der Waals surface area contributed by atoms with Crippen LogP contribution in [-0.4, -0.2) is 25.3 Å². The van der Waals surface area contributed by atoms with E-state index in [0.29, 0.717) is 11.5 Å². The topological polar surface area (TPSA) is 21.3 Å². The lowest BCUT2D eigenvalue weighted by molar-refractivity contribution is 0.0673. The molecule has 94 valence electrons. The Morgan fingerprint density at radius 2 is 2.25 bits per heavy atom. The van der Waals surface area contributed by atoms with Crippen molar-refractivity contribution in [3.8, 4) is 0 Å². The molecule has 0 radical (unpaired) electrons. The van der Waals surface area contributed by atoms with Crippen LogP contribution in [0, 0.1) is 5.41 Å². The van der Waals surface area contributed by atoms with Gasteiger partial charge in [0.25, 0.3) is 0 Å². The van der Waals surface area contributed by atoms with Crippen LogP contribution in [-0.2, 0) is 4.74 Å². The third-order valence-corrected chi connectivity index (χ3v) is 4.26. The van der Waals surface area contributed by atoms with Gasteiger partial charge in [0.15, 0.2) is 0 Å². The molecule has 2 rings (SSSR count). The molecule has 1 saturated heterocycles. The lowest BCUT2D eigenvalue weighted by Crippen LogP contribution is -2.29. The van der Waals surface area contributed by atoms with Crippen LogP contribution in [0.5, 0.6) is 0 Å². The van der Waals surface area contributed by atoms with Gasteiger partial charge in [0, 0.05) is 12.6 Å². The predicted octanol–water partition coefficient (Wildman–Crippen LogP) is 3.11. The lowest BCUT2D eigenvalue weighted by Gasteiger charge is -2.27. The Bertz CT molecular complexity index is 213. The summed E-state index contributed by atoms with van der Waals surface area (Å²) in [5.74, 6) is 0. The van der Waals surface area contributed by atoms with E-state index in [9.17, 15) is 0 Å². The Morgan fingerprint density at radius 1 is 1.38 bits per heavy atom. The molecule has 0 spiro atoms. The monoisotopic (exact) mass is 225 g/mol. The highest BCUT2D eigenvalue weighted by atomic mass is 16.5. The van der Waals surface area contributed by atoms with Gasteiger partial charge in [-0.15, -0.1) is 0 Å². The molecule has 2 fully saturated rings. The minimum Gasteiger partial charge on any atom is -0.378 e. The van der Waals surface area contributed by atoms with Crippen molar-refractivity contribution in [3.05, 3.63) is 0 Å². The smallest absolute Gasteiger partial charge is 0.0581 e. The fourth-order valence-electron chi connectivity index (χ4n) is 3.38. The molecule has 1 N–H and O–H groups in total. The molecule has 0 bridgehead atoms. The number of nitrogens with one attached hydrogen (secondary N) is 1. The summed E-state index contributed by atoms with van der Waals surface area (Å²) in [4.78, 5) is 0. The molecule has 1 saturated carbocycles. The highest BCUT2D eigenvalue weighted by Gasteiger charge is 2.37. The minimum atomic E-state index is 0.542. The fourth-order valence-corrected chi connectivity index (χ4v) is 3.38. The predicted molar refractivity (Wildman–Crippen MR) is 67.6 cm³/mol. The maximum absolute atomic E-state index is 5.78. The third-order valence-electron chi connectivity index (χ3n) is 4.26. The first-order valence-electron chi connectivity index (χ1n) is 7.07. The van der Waals surface area contributed by atoms with E-state index in [-0.39, 0.29) is 0 Å². The summed E-state index contributed by atoms with van der Waals surface area (Å²) in [6, 6.07) is 0.770. The van der Waals surface area contributed by atoms with Crippen molar-refractivity contribution < 1.29 is 4.74 Å². The van der Waals surface area contributed by atoms with Gasteiger partial charge in [0.1, 0.15) is 0 Å².